The molecular weight excluding hydrogens is 258 g/mol. The number of carboxylic acid groups (broad SMARTS) is 1. The summed E-state index contributed by atoms with van der Waals surface area (Å²) < 4.78 is 1.30. The fraction of sp³-hybridized carbons (Fsp3) is 0.286. The lowest BCUT2D eigenvalue weighted by Gasteiger charge is -1.98. The van der Waals surface area contributed by atoms with Gasteiger partial charge in [0.25, 0.3) is 0 Å². The van der Waals surface area contributed by atoms with Crippen LogP contribution >= 0.6 is 0 Å². The van der Waals surface area contributed by atoms with Crippen molar-refractivity contribution in [3.05, 3.63) is 52.2 Å². The minimum absolute atomic E-state index is 0.0599. The van der Waals surface area contributed by atoms with Crippen LogP contribution in [0.2, 0.25) is 0 Å². The van der Waals surface area contributed by atoms with Crippen LogP contribution in [0.1, 0.15) is 28.7 Å². The van der Waals surface area contributed by atoms with Crippen molar-refractivity contribution in [1.29, 1.82) is 0 Å². The van der Waals surface area contributed by atoms with Gasteiger partial charge in [-0.25, -0.2) is 4.79 Å². The van der Waals surface area contributed by atoms with Gasteiger partial charge in [-0.15, -0.1) is 4.91 Å². The minimum atomic E-state index is -1.18. The van der Waals surface area contributed by atoms with Crippen LogP contribution < -0.4 is 0 Å². The summed E-state index contributed by atoms with van der Waals surface area (Å²) in [5, 5.41) is 16.2. The van der Waals surface area contributed by atoms with Crippen LogP contribution in [-0.4, -0.2) is 20.9 Å². The average molecular weight is 273 g/mol. The molecule has 0 saturated heterocycles. The van der Waals surface area contributed by atoms with Crippen molar-refractivity contribution < 1.29 is 9.90 Å². The molecule has 0 unspecified atom stereocenters. The van der Waals surface area contributed by atoms with Crippen molar-refractivity contribution in [3.63, 3.8) is 0 Å². The van der Waals surface area contributed by atoms with Crippen LogP contribution in [-0.2, 0) is 19.4 Å². The van der Waals surface area contributed by atoms with Gasteiger partial charge in [-0.2, -0.15) is 5.10 Å². The Kier molecular flexibility index (Phi) is 4.24. The van der Waals surface area contributed by atoms with E-state index in [4.69, 9.17) is 5.11 Å². The number of aromatic nitrogens is 2. The molecule has 0 fully saturated rings. The molecule has 0 aliphatic carbocycles. The quantitative estimate of drug-likeness (QED) is 0.820. The first kappa shape index (κ1) is 13.9. The third-order valence-electron chi connectivity index (χ3n) is 3.08. The van der Waals surface area contributed by atoms with Gasteiger partial charge in [0.05, 0.1) is 5.69 Å². The van der Waals surface area contributed by atoms with Crippen LogP contribution in [0.25, 0.3) is 0 Å². The Bertz CT molecular complexity index is 620. The molecule has 6 heteroatoms. The summed E-state index contributed by atoms with van der Waals surface area (Å²) in [6.07, 6.45) is 1.17. The number of aryl methyl sites for hydroxylation is 3. The standard InChI is InChI=1S/C14H15N3O3/c1-2-17-13(14(18)19)12(16-20)11(15-17)9-8-10-6-4-3-5-7-10/h3-7H,2,8-9H2,1H3,(H,18,19). The van der Waals surface area contributed by atoms with Gasteiger partial charge in [-0.3, -0.25) is 4.68 Å². The molecule has 1 N–H and O–H groups in total. The SMILES string of the molecule is CCn1nc(CCc2ccccc2)c(N=O)c1C(=O)O. The van der Waals surface area contributed by atoms with Crippen LogP contribution in [0.3, 0.4) is 0 Å². The first-order valence-corrected chi connectivity index (χ1v) is 6.37. The molecule has 0 atom stereocenters. The molecule has 0 spiro atoms. The summed E-state index contributed by atoms with van der Waals surface area (Å²) in [4.78, 5) is 22.1. The van der Waals surface area contributed by atoms with Gasteiger partial charge in [-0.1, -0.05) is 30.3 Å². The van der Waals surface area contributed by atoms with E-state index in [0.29, 0.717) is 25.1 Å². The molecule has 2 rings (SSSR count). The second kappa shape index (κ2) is 6.10. The number of carbonyl (C=O) groups is 1. The smallest absolute Gasteiger partial charge is 0.356 e. The van der Waals surface area contributed by atoms with Gasteiger partial charge in [0.2, 0.25) is 0 Å². The number of aromatic carboxylic acids is 1. The molecular formula is C14H15N3O3. The lowest BCUT2D eigenvalue weighted by atomic mass is 10.1. The molecule has 2 aromatic rings. The van der Waals surface area contributed by atoms with Crippen LogP contribution in [0.5, 0.6) is 0 Å². The highest BCUT2D eigenvalue weighted by Gasteiger charge is 2.23. The number of rotatable bonds is 6. The molecule has 20 heavy (non-hydrogen) atoms. The van der Waals surface area contributed by atoms with E-state index in [1.54, 1.807) is 6.92 Å². The van der Waals surface area contributed by atoms with E-state index in [1.165, 1.54) is 4.68 Å². The summed E-state index contributed by atoms with van der Waals surface area (Å²) in [5.74, 6) is -1.18. The first-order valence-electron chi connectivity index (χ1n) is 6.37. The fourth-order valence-electron chi connectivity index (χ4n) is 2.11. The minimum Gasteiger partial charge on any atom is -0.476 e. The van der Waals surface area contributed by atoms with Crippen molar-refractivity contribution in [1.82, 2.24) is 9.78 Å². The van der Waals surface area contributed by atoms with Crippen molar-refractivity contribution >= 4 is 11.7 Å². The summed E-state index contributed by atoms with van der Waals surface area (Å²) >= 11 is 0. The van der Waals surface area contributed by atoms with Crippen molar-refractivity contribution in [2.45, 2.75) is 26.3 Å². The Morgan fingerprint density at radius 1 is 1.30 bits per heavy atom. The lowest BCUT2D eigenvalue weighted by molar-refractivity contribution is 0.0684. The molecule has 0 aliphatic rings. The number of hydrogen-bond acceptors (Lipinski definition) is 4. The highest BCUT2D eigenvalue weighted by atomic mass is 16.4. The highest BCUT2D eigenvalue weighted by molar-refractivity contribution is 5.92. The zero-order valence-electron chi connectivity index (χ0n) is 11.1. The Morgan fingerprint density at radius 2 is 2.00 bits per heavy atom. The second-order valence-electron chi connectivity index (χ2n) is 4.34. The summed E-state index contributed by atoms with van der Waals surface area (Å²) in [7, 11) is 0. The Labute approximate surface area is 116 Å². The van der Waals surface area contributed by atoms with Gasteiger partial charge in [-0.05, 0) is 30.5 Å². The summed E-state index contributed by atoms with van der Waals surface area (Å²) in [6.45, 7) is 2.16. The molecule has 0 amide bonds. The Balaban J connectivity index is 2.28. The normalized spacial score (nSPS) is 10.4. The van der Waals surface area contributed by atoms with Crippen molar-refractivity contribution in [2.24, 2.45) is 5.18 Å². The lowest BCUT2D eigenvalue weighted by Crippen LogP contribution is -2.08. The average Bonchev–Trinajstić information content (AvgIpc) is 2.84. The van der Waals surface area contributed by atoms with E-state index in [2.05, 4.69) is 10.3 Å². The predicted octanol–water partition coefficient (Wildman–Crippen LogP) is 2.78. The number of benzene rings is 1. The van der Waals surface area contributed by atoms with E-state index >= 15 is 0 Å². The third-order valence-corrected chi connectivity index (χ3v) is 3.08. The van der Waals surface area contributed by atoms with E-state index < -0.39 is 5.97 Å². The van der Waals surface area contributed by atoms with E-state index in [-0.39, 0.29) is 11.4 Å². The molecule has 0 aliphatic heterocycles. The molecule has 104 valence electrons. The van der Waals surface area contributed by atoms with Crippen LogP contribution in [0.4, 0.5) is 5.69 Å². The van der Waals surface area contributed by atoms with E-state index in [9.17, 15) is 9.70 Å². The largest absolute Gasteiger partial charge is 0.476 e. The fourth-order valence-corrected chi connectivity index (χ4v) is 2.11. The molecule has 1 heterocycles. The summed E-state index contributed by atoms with van der Waals surface area (Å²) in [6, 6.07) is 9.74. The third kappa shape index (κ3) is 2.74. The zero-order valence-corrected chi connectivity index (χ0v) is 11.1. The van der Waals surface area contributed by atoms with Crippen LogP contribution in [0, 0.1) is 4.91 Å². The maximum Gasteiger partial charge on any atom is 0.356 e. The predicted molar refractivity (Wildman–Crippen MR) is 74.2 cm³/mol. The first-order chi connectivity index (χ1) is 9.67. The van der Waals surface area contributed by atoms with Gasteiger partial charge in [0.1, 0.15) is 0 Å². The zero-order chi connectivity index (χ0) is 14.5. The second-order valence-corrected chi connectivity index (χ2v) is 4.34. The van der Waals surface area contributed by atoms with Gasteiger partial charge in [0.15, 0.2) is 11.4 Å². The molecule has 0 radical (unpaired) electrons. The molecule has 0 saturated carbocycles. The number of carboxylic acids is 1. The highest BCUT2D eigenvalue weighted by Crippen LogP contribution is 2.25. The summed E-state index contributed by atoms with van der Waals surface area (Å²) in [5.41, 5.74) is 1.34. The number of hydrogen-bond donors (Lipinski definition) is 1. The molecule has 1 aromatic heterocycles. The number of nitroso groups, excluding NO2 is 1. The van der Waals surface area contributed by atoms with Gasteiger partial charge < -0.3 is 5.11 Å². The maximum atomic E-state index is 11.2. The van der Waals surface area contributed by atoms with Crippen molar-refractivity contribution in [2.75, 3.05) is 0 Å². The van der Waals surface area contributed by atoms with E-state index in [0.717, 1.165) is 5.56 Å². The van der Waals surface area contributed by atoms with Gasteiger partial charge >= 0.3 is 5.97 Å². The molecule has 1 aromatic carbocycles. The van der Waals surface area contributed by atoms with E-state index in [1.807, 2.05) is 30.3 Å². The topological polar surface area (TPSA) is 84.5 Å². The number of nitrogens with zero attached hydrogens (tertiary/aromatic N) is 3. The monoisotopic (exact) mass is 273 g/mol. The molecule has 6 nitrogen and oxygen atoms in total. The van der Waals surface area contributed by atoms with Crippen LogP contribution in [0.15, 0.2) is 35.5 Å². The molecule has 0 bridgehead atoms. The van der Waals surface area contributed by atoms with Crippen molar-refractivity contribution in [3.8, 4) is 0 Å². The Morgan fingerprint density at radius 3 is 2.55 bits per heavy atom. The Hall–Kier alpha value is -2.50. The van der Waals surface area contributed by atoms with Gasteiger partial charge in [0, 0.05) is 6.54 Å². The maximum absolute atomic E-state index is 11.2.